The van der Waals surface area contributed by atoms with Crippen LogP contribution >= 0.6 is 11.6 Å². The number of unbranched alkanes of at least 4 members (excludes halogenated alkanes) is 10. The van der Waals surface area contributed by atoms with Gasteiger partial charge in [-0.3, -0.25) is 0 Å². The third-order valence-electron chi connectivity index (χ3n) is 9.48. The molecule has 0 saturated carbocycles. The molecule has 6 nitrogen and oxygen atoms in total. The van der Waals surface area contributed by atoms with Crippen molar-refractivity contribution in [3.8, 4) is 11.5 Å². The van der Waals surface area contributed by atoms with Gasteiger partial charge in [0.25, 0.3) is 0 Å². The van der Waals surface area contributed by atoms with Gasteiger partial charge in [0.05, 0.1) is 22.9 Å². The summed E-state index contributed by atoms with van der Waals surface area (Å²) in [7, 11) is 0. The third kappa shape index (κ3) is 8.09. The van der Waals surface area contributed by atoms with Crippen LogP contribution in [0.2, 0.25) is 5.02 Å². The Balaban J connectivity index is 1.48. The van der Waals surface area contributed by atoms with Crippen molar-refractivity contribution >= 4 is 28.9 Å². The quantitative estimate of drug-likeness (QED) is 0.0961. The molecule has 3 aromatic carbocycles. The predicted molar refractivity (Wildman–Crippen MR) is 194 cm³/mol. The first kappa shape index (κ1) is 35.1. The van der Waals surface area contributed by atoms with E-state index in [-0.39, 0.29) is 5.97 Å². The minimum Gasteiger partial charge on any atom is -0.456 e. The molecular formula is C40H53ClN2O4. The monoisotopic (exact) mass is 660 g/mol. The second kappa shape index (κ2) is 17.3. The van der Waals surface area contributed by atoms with Crippen molar-refractivity contribution in [3.05, 3.63) is 81.9 Å². The van der Waals surface area contributed by atoms with Gasteiger partial charge in [-0.2, -0.15) is 0 Å². The van der Waals surface area contributed by atoms with Crippen LogP contribution in [0.15, 0.2) is 54.6 Å². The molecule has 2 aliphatic heterocycles. The van der Waals surface area contributed by atoms with Crippen molar-refractivity contribution in [1.82, 2.24) is 0 Å². The number of carbonyl (C=O) groups excluding carboxylic acids is 1. The van der Waals surface area contributed by atoms with E-state index in [1.54, 1.807) is 0 Å². The lowest BCUT2D eigenvalue weighted by molar-refractivity contribution is 0.0224. The molecule has 7 heteroatoms. The summed E-state index contributed by atoms with van der Waals surface area (Å²) in [6, 6.07) is 17.9. The molecule has 1 spiro atoms. The fourth-order valence-corrected chi connectivity index (χ4v) is 7.17. The highest BCUT2D eigenvalue weighted by molar-refractivity contribution is 6.33. The molecule has 3 aromatic rings. The van der Waals surface area contributed by atoms with Gasteiger partial charge < -0.3 is 24.4 Å². The number of esters is 1. The maximum atomic E-state index is 13.4. The maximum absolute atomic E-state index is 13.4. The Morgan fingerprint density at radius 2 is 1.43 bits per heavy atom. The van der Waals surface area contributed by atoms with E-state index in [0.717, 1.165) is 41.2 Å². The highest BCUT2D eigenvalue weighted by Gasteiger charge is 2.53. The number of carbonyl (C=O) groups is 1. The molecule has 1 atom stereocenters. The van der Waals surface area contributed by atoms with Gasteiger partial charge in [-0.1, -0.05) is 108 Å². The molecule has 1 unspecified atom stereocenters. The summed E-state index contributed by atoms with van der Waals surface area (Å²) >= 11 is 6.81. The number of ether oxygens (including phenoxy) is 3. The van der Waals surface area contributed by atoms with E-state index in [9.17, 15) is 4.79 Å². The molecule has 0 radical (unpaired) electrons. The largest absolute Gasteiger partial charge is 0.456 e. The Bertz CT molecular complexity index is 1460. The summed E-state index contributed by atoms with van der Waals surface area (Å²) in [4.78, 5) is 16.0. The topological polar surface area (TPSA) is 60.0 Å². The number of fused-ring (bicyclic) bond motifs is 6. The van der Waals surface area contributed by atoms with Crippen LogP contribution in [-0.4, -0.2) is 38.8 Å². The van der Waals surface area contributed by atoms with E-state index >= 15 is 0 Å². The average molecular weight is 661 g/mol. The highest BCUT2D eigenvalue weighted by Crippen LogP contribution is 2.57. The zero-order chi connectivity index (χ0) is 33.1. The lowest BCUT2D eigenvalue weighted by Crippen LogP contribution is -2.33. The van der Waals surface area contributed by atoms with Crippen molar-refractivity contribution in [3.63, 3.8) is 0 Å². The first-order chi connectivity index (χ1) is 23.0. The van der Waals surface area contributed by atoms with E-state index in [0.29, 0.717) is 41.8 Å². The summed E-state index contributed by atoms with van der Waals surface area (Å²) in [5, 5.41) is 3.94. The molecule has 1 N–H and O–H groups in total. The number of nitrogens with zero attached hydrogens (tertiary/aromatic N) is 1. The first-order valence-electron chi connectivity index (χ1n) is 18.1. The maximum Gasteiger partial charge on any atom is 0.340 e. The van der Waals surface area contributed by atoms with Gasteiger partial charge in [0.15, 0.2) is 5.60 Å². The number of hydrogen-bond acceptors (Lipinski definition) is 6. The van der Waals surface area contributed by atoms with Crippen molar-refractivity contribution in [2.45, 2.75) is 103 Å². The lowest BCUT2D eigenvalue weighted by Gasteiger charge is -2.37. The molecule has 47 heavy (non-hydrogen) atoms. The second-order valence-electron chi connectivity index (χ2n) is 12.9. The van der Waals surface area contributed by atoms with Crippen LogP contribution in [0.4, 0.5) is 11.4 Å². The van der Waals surface area contributed by atoms with Crippen molar-refractivity contribution in [2.24, 2.45) is 0 Å². The highest BCUT2D eigenvalue weighted by atomic mass is 35.5. The normalized spacial score (nSPS) is 16.0. The van der Waals surface area contributed by atoms with E-state index in [2.05, 4.69) is 42.3 Å². The van der Waals surface area contributed by atoms with E-state index in [1.165, 1.54) is 77.0 Å². The molecule has 0 saturated heterocycles. The molecule has 0 amide bonds. The summed E-state index contributed by atoms with van der Waals surface area (Å²) in [6.07, 6.45) is 15.2. The molecule has 0 bridgehead atoms. The molecule has 2 aliphatic rings. The van der Waals surface area contributed by atoms with Gasteiger partial charge in [0.2, 0.25) is 0 Å². The second-order valence-corrected chi connectivity index (χ2v) is 13.3. The molecule has 0 aliphatic carbocycles. The number of hydrogen-bond donors (Lipinski definition) is 1. The minimum atomic E-state index is -1.14. The summed E-state index contributed by atoms with van der Waals surface area (Å²) < 4.78 is 18.6. The van der Waals surface area contributed by atoms with Gasteiger partial charge >= 0.3 is 5.97 Å². The van der Waals surface area contributed by atoms with E-state index in [1.807, 2.05) is 43.3 Å². The zero-order valence-corrected chi connectivity index (χ0v) is 29.4. The van der Waals surface area contributed by atoms with E-state index < -0.39 is 5.60 Å². The van der Waals surface area contributed by atoms with Crippen LogP contribution in [0.1, 0.15) is 125 Å². The minimum absolute atomic E-state index is 0.336. The van der Waals surface area contributed by atoms with Gasteiger partial charge in [-0.15, -0.1) is 0 Å². The Morgan fingerprint density at radius 1 is 0.766 bits per heavy atom. The molecule has 0 aromatic heterocycles. The number of rotatable bonds is 20. The van der Waals surface area contributed by atoms with E-state index in [4.69, 9.17) is 25.8 Å². The van der Waals surface area contributed by atoms with Crippen LogP contribution in [0.3, 0.4) is 0 Å². The Morgan fingerprint density at radius 3 is 2.13 bits per heavy atom. The number of nitrogens with one attached hydrogen (secondary N) is 1. The van der Waals surface area contributed by atoms with Crippen molar-refractivity contribution in [1.29, 1.82) is 0 Å². The summed E-state index contributed by atoms with van der Waals surface area (Å²) in [5.74, 6) is 0.957. The molecule has 2 heterocycles. The smallest absolute Gasteiger partial charge is 0.340 e. The van der Waals surface area contributed by atoms with Gasteiger partial charge in [-0.05, 0) is 44.0 Å². The lowest BCUT2D eigenvalue weighted by atomic mass is 9.77. The van der Waals surface area contributed by atoms with Crippen LogP contribution in [0.5, 0.6) is 11.5 Å². The van der Waals surface area contributed by atoms with Crippen LogP contribution in [0, 0.1) is 0 Å². The fourth-order valence-electron chi connectivity index (χ4n) is 6.95. The third-order valence-corrected chi connectivity index (χ3v) is 9.79. The predicted octanol–water partition coefficient (Wildman–Crippen LogP) is 10.9. The molecule has 254 valence electrons. The average Bonchev–Trinajstić information content (AvgIpc) is 3.37. The molecule has 5 rings (SSSR count). The van der Waals surface area contributed by atoms with Gasteiger partial charge in [-0.25, -0.2) is 4.79 Å². The Labute approximate surface area is 287 Å². The summed E-state index contributed by atoms with van der Waals surface area (Å²) in [5.41, 5.74) is 3.73. The number of anilines is 2. The van der Waals surface area contributed by atoms with Gasteiger partial charge in [0.1, 0.15) is 11.5 Å². The van der Waals surface area contributed by atoms with Crippen molar-refractivity contribution < 1.29 is 19.0 Å². The molecule has 0 fully saturated rings. The number of halogens is 1. The van der Waals surface area contributed by atoms with Gasteiger partial charge in [0, 0.05) is 60.8 Å². The molecular weight excluding hydrogens is 608 g/mol. The van der Waals surface area contributed by atoms with Crippen LogP contribution < -0.4 is 15.0 Å². The SMILES string of the molecule is CCCCCCCCN(CCCCCCCC)c1ccc2c(c1)Oc1cc(Cl)c(NCCOCC)cc1C21OC(=O)c2ccccc21. The number of benzene rings is 3. The zero-order valence-electron chi connectivity index (χ0n) is 28.7. The fraction of sp³-hybridized carbons (Fsp3) is 0.525. The van der Waals surface area contributed by atoms with Crippen LogP contribution in [-0.2, 0) is 15.1 Å². The summed E-state index contributed by atoms with van der Waals surface area (Å²) in [6.45, 7) is 10.3. The van der Waals surface area contributed by atoms with Crippen LogP contribution in [0.25, 0.3) is 0 Å². The standard InChI is InChI=1S/C40H53ClN2O4/c1-4-7-9-11-13-17-24-43(25-18-14-12-10-8-5-2)30-21-22-33-37(27-30)46-38-29-35(41)36(42-23-26-45-6-3)28-34(38)40(33)32-20-16-15-19-31(32)39(44)47-40/h15-16,19-22,27-29,42H,4-14,17-18,23-26H2,1-3H3. The Kier molecular flexibility index (Phi) is 12.9. The Hall–Kier alpha value is -3.22. The van der Waals surface area contributed by atoms with Crippen molar-refractivity contribution in [2.75, 3.05) is 43.1 Å². The first-order valence-corrected chi connectivity index (χ1v) is 18.5.